The predicted molar refractivity (Wildman–Crippen MR) is 76.7 cm³/mol. The van der Waals surface area contributed by atoms with Crippen LogP contribution in [0, 0.1) is 0 Å². The van der Waals surface area contributed by atoms with Gasteiger partial charge in [0.15, 0.2) is 0 Å². The van der Waals surface area contributed by atoms with Gasteiger partial charge in [0.25, 0.3) is 0 Å². The van der Waals surface area contributed by atoms with Crippen molar-refractivity contribution in [2.45, 2.75) is 23.8 Å². The van der Waals surface area contributed by atoms with Gasteiger partial charge in [0.2, 0.25) is 10.0 Å². The third kappa shape index (κ3) is 3.60. The Bertz CT molecular complexity index is 554. The molecule has 1 aromatic rings. The van der Waals surface area contributed by atoms with Crippen LogP contribution in [0.4, 0.5) is 5.69 Å². The number of sulfonamides is 1. The minimum atomic E-state index is -3.58. The summed E-state index contributed by atoms with van der Waals surface area (Å²) in [5.74, 6) is 0. The van der Waals surface area contributed by atoms with Crippen LogP contribution in [-0.2, 0) is 10.0 Å². The maximum atomic E-state index is 12.3. The molecule has 1 saturated heterocycles. The average Bonchev–Trinajstić information content (AvgIpc) is 2.31. The topological polar surface area (TPSA) is 75.4 Å². The van der Waals surface area contributed by atoms with E-state index in [0.717, 1.165) is 25.9 Å². The number of nitrogens with zero attached hydrogens (tertiary/aromatic N) is 1. The molecule has 19 heavy (non-hydrogen) atoms. The molecule has 1 aliphatic heterocycles. The summed E-state index contributed by atoms with van der Waals surface area (Å²) in [5, 5.41) is 0.153. The third-order valence-corrected chi connectivity index (χ3v) is 5.29. The second kappa shape index (κ2) is 5.66. The minimum Gasteiger partial charge on any atom is -0.399 e. The fourth-order valence-electron chi connectivity index (χ4n) is 2.14. The largest absolute Gasteiger partial charge is 0.399 e. The lowest BCUT2D eigenvalue weighted by molar-refractivity contribution is 0.248. The molecule has 1 aliphatic rings. The van der Waals surface area contributed by atoms with Crippen molar-refractivity contribution in [3.8, 4) is 0 Å². The van der Waals surface area contributed by atoms with Gasteiger partial charge < -0.3 is 10.6 Å². The number of benzene rings is 1. The molecule has 106 valence electrons. The Labute approximate surface area is 118 Å². The van der Waals surface area contributed by atoms with E-state index >= 15 is 0 Å². The maximum Gasteiger partial charge on any atom is 0.242 e. The number of likely N-dealkylation sites (tertiary alicyclic amines) is 1. The number of hydrogen-bond acceptors (Lipinski definition) is 4. The summed E-state index contributed by atoms with van der Waals surface area (Å²) >= 11 is 5.95. The molecule has 1 fully saturated rings. The van der Waals surface area contributed by atoms with E-state index in [1.54, 1.807) is 0 Å². The summed E-state index contributed by atoms with van der Waals surface area (Å²) in [4.78, 5) is 2.27. The minimum absolute atomic E-state index is 0.0326. The van der Waals surface area contributed by atoms with Gasteiger partial charge >= 0.3 is 0 Å². The molecule has 0 radical (unpaired) electrons. The molecule has 0 amide bonds. The highest BCUT2D eigenvalue weighted by Crippen LogP contribution is 2.24. The normalized spacial score (nSPS) is 18.6. The SMILES string of the molecule is CN1CCC(NS(=O)(=O)c2ccc(N)cc2Cl)CC1. The van der Waals surface area contributed by atoms with E-state index in [2.05, 4.69) is 9.62 Å². The summed E-state index contributed by atoms with van der Waals surface area (Å²) in [6, 6.07) is 4.39. The molecule has 7 heteroatoms. The lowest BCUT2D eigenvalue weighted by Crippen LogP contribution is -2.43. The van der Waals surface area contributed by atoms with Crippen LogP contribution in [0.25, 0.3) is 0 Å². The Morgan fingerprint density at radius 1 is 1.37 bits per heavy atom. The van der Waals surface area contributed by atoms with Gasteiger partial charge in [0.05, 0.1) is 5.02 Å². The van der Waals surface area contributed by atoms with E-state index in [9.17, 15) is 8.42 Å². The molecule has 0 unspecified atom stereocenters. The van der Waals surface area contributed by atoms with Gasteiger partial charge in [-0.2, -0.15) is 0 Å². The molecule has 1 heterocycles. The predicted octanol–water partition coefficient (Wildman–Crippen LogP) is 1.29. The fraction of sp³-hybridized carbons (Fsp3) is 0.500. The molecule has 2 rings (SSSR count). The van der Waals surface area contributed by atoms with Crippen molar-refractivity contribution in [2.24, 2.45) is 0 Å². The Morgan fingerprint density at radius 2 is 2.00 bits per heavy atom. The summed E-state index contributed by atoms with van der Waals surface area (Å²) in [5.41, 5.74) is 6.01. The monoisotopic (exact) mass is 303 g/mol. The Balaban J connectivity index is 2.14. The Hall–Kier alpha value is -0.820. The number of anilines is 1. The van der Waals surface area contributed by atoms with Crippen molar-refractivity contribution in [3.05, 3.63) is 23.2 Å². The quantitative estimate of drug-likeness (QED) is 0.825. The van der Waals surface area contributed by atoms with Crippen molar-refractivity contribution < 1.29 is 8.42 Å². The van der Waals surface area contributed by atoms with Gasteiger partial charge in [-0.05, 0) is 51.2 Å². The molecule has 3 N–H and O–H groups in total. The Morgan fingerprint density at radius 3 is 2.58 bits per heavy atom. The third-order valence-electron chi connectivity index (χ3n) is 3.29. The van der Waals surface area contributed by atoms with E-state index in [1.807, 2.05) is 7.05 Å². The lowest BCUT2D eigenvalue weighted by Gasteiger charge is -2.29. The summed E-state index contributed by atoms with van der Waals surface area (Å²) in [7, 11) is -1.55. The van der Waals surface area contributed by atoms with Crippen molar-refractivity contribution in [2.75, 3.05) is 25.9 Å². The van der Waals surface area contributed by atoms with E-state index in [0.29, 0.717) is 5.69 Å². The molecule has 0 aromatic heterocycles. The van der Waals surface area contributed by atoms with E-state index in [4.69, 9.17) is 17.3 Å². The van der Waals surface area contributed by atoms with Gasteiger partial charge in [0, 0.05) is 11.7 Å². The maximum absolute atomic E-state index is 12.3. The number of nitrogens with two attached hydrogens (primary N) is 1. The highest BCUT2D eigenvalue weighted by molar-refractivity contribution is 7.89. The van der Waals surface area contributed by atoms with Gasteiger partial charge in [-0.3, -0.25) is 0 Å². The van der Waals surface area contributed by atoms with Crippen LogP contribution < -0.4 is 10.5 Å². The first-order chi connectivity index (χ1) is 8.88. The van der Waals surface area contributed by atoms with Crippen LogP contribution in [0.5, 0.6) is 0 Å². The highest BCUT2D eigenvalue weighted by Gasteiger charge is 2.24. The number of nitrogen functional groups attached to an aromatic ring is 1. The number of piperidine rings is 1. The van der Waals surface area contributed by atoms with Gasteiger partial charge in [-0.25, -0.2) is 13.1 Å². The van der Waals surface area contributed by atoms with Gasteiger partial charge in [-0.15, -0.1) is 0 Å². The molecule has 0 saturated carbocycles. The number of hydrogen-bond donors (Lipinski definition) is 2. The molecular formula is C12H18ClN3O2S. The summed E-state index contributed by atoms with van der Waals surface area (Å²) in [6.07, 6.45) is 1.62. The fourth-order valence-corrected chi connectivity index (χ4v) is 4.00. The van der Waals surface area contributed by atoms with Crippen LogP contribution in [0.1, 0.15) is 12.8 Å². The van der Waals surface area contributed by atoms with Crippen LogP contribution in [0.15, 0.2) is 23.1 Å². The standard InChI is InChI=1S/C12H18ClN3O2S/c1-16-6-4-10(5-7-16)15-19(17,18)12-3-2-9(14)8-11(12)13/h2-3,8,10,15H,4-7,14H2,1H3. The van der Waals surface area contributed by atoms with E-state index in [1.165, 1.54) is 18.2 Å². The van der Waals surface area contributed by atoms with Crippen molar-refractivity contribution >= 4 is 27.3 Å². The zero-order valence-electron chi connectivity index (χ0n) is 10.8. The second-order valence-electron chi connectivity index (χ2n) is 4.89. The highest BCUT2D eigenvalue weighted by atomic mass is 35.5. The summed E-state index contributed by atoms with van der Waals surface area (Å²) in [6.45, 7) is 1.78. The lowest BCUT2D eigenvalue weighted by atomic mass is 10.1. The zero-order valence-corrected chi connectivity index (χ0v) is 12.3. The molecule has 1 aromatic carbocycles. The first-order valence-electron chi connectivity index (χ1n) is 6.14. The number of rotatable bonds is 3. The zero-order chi connectivity index (χ0) is 14.0. The van der Waals surface area contributed by atoms with Crippen molar-refractivity contribution in [3.63, 3.8) is 0 Å². The molecule has 0 bridgehead atoms. The smallest absolute Gasteiger partial charge is 0.242 e. The Kier molecular flexibility index (Phi) is 4.35. The van der Waals surface area contributed by atoms with Gasteiger partial charge in [-0.1, -0.05) is 11.6 Å². The van der Waals surface area contributed by atoms with Gasteiger partial charge in [0.1, 0.15) is 4.90 Å². The molecule has 0 aliphatic carbocycles. The number of nitrogens with one attached hydrogen (secondary N) is 1. The molecule has 0 spiro atoms. The number of halogens is 1. The van der Waals surface area contributed by atoms with E-state index < -0.39 is 10.0 Å². The van der Waals surface area contributed by atoms with Crippen LogP contribution in [0.3, 0.4) is 0 Å². The summed E-state index contributed by atoms with van der Waals surface area (Å²) < 4.78 is 27.2. The van der Waals surface area contributed by atoms with Crippen molar-refractivity contribution in [1.29, 1.82) is 0 Å². The molecule has 0 atom stereocenters. The average molecular weight is 304 g/mol. The van der Waals surface area contributed by atoms with Crippen LogP contribution in [0.2, 0.25) is 5.02 Å². The first kappa shape index (κ1) is 14.6. The molecule has 5 nitrogen and oxygen atoms in total. The van der Waals surface area contributed by atoms with Crippen molar-refractivity contribution in [1.82, 2.24) is 9.62 Å². The second-order valence-corrected chi connectivity index (χ2v) is 6.98. The van der Waals surface area contributed by atoms with Crippen LogP contribution in [-0.4, -0.2) is 39.5 Å². The van der Waals surface area contributed by atoms with E-state index in [-0.39, 0.29) is 16.0 Å². The van der Waals surface area contributed by atoms with Crippen LogP contribution >= 0.6 is 11.6 Å². The molecular weight excluding hydrogens is 286 g/mol. The first-order valence-corrected chi connectivity index (χ1v) is 8.00.